The zero-order valence-electron chi connectivity index (χ0n) is 15.3. The van der Waals surface area contributed by atoms with Crippen molar-refractivity contribution in [3.8, 4) is 6.07 Å². The lowest BCUT2D eigenvalue weighted by Gasteiger charge is -2.24. The van der Waals surface area contributed by atoms with Crippen LogP contribution in [-0.4, -0.2) is 28.1 Å². The van der Waals surface area contributed by atoms with Crippen LogP contribution in [0.2, 0.25) is 0 Å². The third-order valence-corrected chi connectivity index (χ3v) is 3.92. The first-order valence-corrected chi connectivity index (χ1v) is 8.33. The molecule has 1 atom stereocenters. The van der Waals surface area contributed by atoms with Crippen molar-refractivity contribution < 1.29 is 9.53 Å². The van der Waals surface area contributed by atoms with Gasteiger partial charge in [-0.1, -0.05) is 30.3 Å². The van der Waals surface area contributed by atoms with E-state index in [1.807, 2.05) is 30.3 Å². The predicted octanol–water partition coefficient (Wildman–Crippen LogP) is 2.60. The molecule has 0 aliphatic carbocycles. The number of anilines is 1. The van der Waals surface area contributed by atoms with E-state index in [9.17, 15) is 10.1 Å². The third-order valence-electron chi connectivity index (χ3n) is 3.92. The predicted molar refractivity (Wildman–Crippen MR) is 101 cm³/mol. The fourth-order valence-electron chi connectivity index (χ4n) is 2.84. The average molecular weight is 364 g/mol. The standard InChI is InChI=1S/C19H20N6O2/c1-18(2,3)27-17(26)23-13-9-19(22-11-13,12-7-5-4-6-8-12)15-14(10-20)16(21)25-24-15/h4-9,11H,1-3H3,(H,23,26)(H3,21,24,25). The van der Waals surface area contributed by atoms with Crippen LogP contribution in [0.15, 0.2) is 47.1 Å². The van der Waals surface area contributed by atoms with E-state index in [1.54, 1.807) is 26.8 Å². The Morgan fingerprint density at radius 2 is 2.04 bits per heavy atom. The topological polar surface area (TPSA) is 129 Å². The molecule has 1 unspecified atom stereocenters. The lowest BCUT2D eigenvalue weighted by Crippen LogP contribution is -2.32. The Bertz CT molecular complexity index is 962. The van der Waals surface area contributed by atoms with Gasteiger partial charge in [0.15, 0.2) is 5.82 Å². The van der Waals surface area contributed by atoms with Crippen molar-refractivity contribution in [1.82, 2.24) is 15.5 Å². The monoisotopic (exact) mass is 364 g/mol. The number of amides is 1. The number of aliphatic imine (C=N–C) groups is 1. The highest BCUT2D eigenvalue weighted by Gasteiger charge is 2.39. The third kappa shape index (κ3) is 3.53. The molecule has 3 rings (SSSR count). The number of carbonyl (C=O) groups is 1. The number of allylic oxidation sites excluding steroid dienone is 1. The van der Waals surface area contributed by atoms with Crippen LogP contribution in [0.3, 0.4) is 0 Å². The molecule has 1 aromatic heterocycles. The van der Waals surface area contributed by atoms with E-state index in [0.29, 0.717) is 11.4 Å². The first kappa shape index (κ1) is 18.2. The molecule has 8 nitrogen and oxygen atoms in total. The molecule has 138 valence electrons. The fourth-order valence-corrected chi connectivity index (χ4v) is 2.84. The number of nitrogen functional groups attached to an aromatic ring is 1. The van der Waals surface area contributed by atoms with Gasteiger partial charge in [0, 0.05) is 6.21 Å². The number of carbonyl (C=O) groups excluding carboxylic acids is 1. The summed E-state index contributed by atoms with van der Waals surface area (Å²) in [5.41, 5.74) is 6.03. The number of hydrogen-bond acceptors (Lipinski definition) is 6. The fraction of sp³-hybridized carbons (Fsp3) is 0.263. The van der Waals surface area contributed by atoms with Gasteiger partial charge in [-0.15, -0.1) is 0 Å². The van der Waals surface area contributed by atoms with Gasteiger partial charge in [-0.25, -0.2) is 4.79 Å². The van der Waals surface area contributed by atoms with Crippen molar-refractivity contribution in [1.29, 1.82) is 5.26 Å². The van der Waals surface area contributed by atoms with E-state index >= 15 is 0 Å². The summed E-state index contributed by atoms with van der Waals surface area (Å²) in [5, 5.41) is 18.9. The number of aromatic nitrogens is 2. The SMILES string of the molecule is CC(C)(C)OC(=O)NC1=CC(c2ccccc2)(c2[nH]nc(N)c2C#N)N=C1. The molecule has 0 saturated carbocycles. The van der Waals surface area contributed by atoms with Crippen molar-refractivity contribution in [2.75, 3.05) is 5.73 Å². The average Bonchev–Trinajstić information content (AvgIpc) is 3.18. The molecule has 2 heterocycles. The molecular weight excluding hydrogens is 344 g/mol. The number of rotatable bonds is 3. The largest absolute Gasteiger partial charge is 0.444 e. The minimum absolute atomic E-state index is 0.0972. The molecule has 0 bridgehead atoms. The summed E-state index contributed by atoms with van der Waals surface area (Å²) in [6, 6.07) is 11.4. The number of nitrogens with two attached hydrogens (primary N) is 1. The van der Waals surface area contributed by atoms with Crippen LogP contribution < -0.4 is 11.1 Å². The van der Waals surface area contributed by atoms with Crippen LogP contribution in [0, 0.1) is 11.3 Å². The minimum Gasteiger partial charge on any atom is -0.444 e. The Balaban J connectivity index is 2.04. The number of hydrogen-bond donors (Lipinski definition) is 3. The van der Waals surface area contributed by atoms with Crippen molar-refractivity contribution in [3.63, 3.8) is 0 Å². The Labute approximate surface area is 156 Å². The summed E-state index contributed by atoms with van der Waals surface area (Å²) >= 11 is 0. The van der Waals surface area contributed by atoms with Gasteiger partial charge in [0.1, 0.15) is 22.8 Å². The summed E-state index contributed by atoms with van der Waals surface area (Å²) in [4.78, 5) is 16.7. The molecule has 1 amide bonds. The molecule has 1 aromatic carbocycles. The van der Waals surface area contributed by atoms with Crippen LogP contribution in [0.5, 0.6) is 0 Å². The maximum Gasteiger partial charge on any atom is 0.412 e. The van der Waals surface area contributed by atoms with Crippen LogP contribution in [0.4, 0.5) is 10.6 Å². The Morgan fingerprint density at radius 3 is 2.67 bits per heavy atom. The van der Waals surface area contributed by atoms with E-state index in [1.165, 1.54) is 6.21 Å². The second kappa shape index (κ2) is 6.61. The van der Waals surface area contributed by atoms with Gasteiger partial charge in [-0.05, 0) is 32.4 Å². The van der Waals surface area contributed by atoms with Gasteiger partial charge in [0.05, 0.1) is 11.4 Å². The molecule has 1 aliphatic rings. The van der Waals surface area contributed by atoms with Gasteiger partial charge < -0.3 is 10.5 Å². The molecule has 27 heavy (non-hydrogen) atoms. The van der Waals surface area contributed by atoms with Gasteiger partial charge in [0.2, 0.25) is 0 Å². The molecule has 0 spiro atoms. The van der Waals surface area contributed by atoms with Crippen molar-refractivity contribution in [2.24, 2.45) is 4.99 Å². The first-order valence-electron chi connectivity index (χ1n) is 8.33. The van der Waals surface area contributed by atoms with Crippen molar-refractivity contribution in [3.05, 3.63) is 58.9 Å². The molecule has 1 aliphatic heterocycles. The van der Waals surface area contributed by atoms with E-state index in [0.717, 1.165) is 5.56 Å². The van der Waals surface area contributed by atoms with Gasteiger partial charge in [0.25, 0.3) is 0 Å². The number of nitrogens with one attached hydrogen (secondary N) is 2. The van der Waals surface area contributed by atoms with E-state index in [-0.39, 0.29) is 11.4 Å². The number of nitrogens with zero attached hydrogens (tertiary/aromatic N) is 3. The number of ether oxygens (including phenoxy) is 1. The number of H-pyrrole nitrogens is 1. The maximum atomic E-state index is 12.1. The first-order chi connectivity index (χ1) is 12.7. The van der Waals surface area contributed by atoms with E-state index < -0.39 is 17.2 Å². The molecule has 4 N–H and O–H groups in total. The smallest absolute Gasteiger partial charge is 0.412 e. The lowest BCUT2D eigenvalue weighted by atomic mass is 9.85. The maximum absolute atomic E-state index is 12.1. The summed E-state index contributed by atoms with van der Waals surface area (Å²) < 4.78 is 5.28. The molecule has 0 radical (unpaired) electrons. The number of aromatic amines is 1. The minimum atomic E-state index is -1.05. The Morgan fingerprint density at radius 1 is 1.33 bits per heavy atom. The Kier molecular flexibility index (Phi) is 4.45. The molecular formula is C19H20N6O2. The van der Waals surface area contributed by atoms with Gasteiger partial charge in [-0.3, -0.25) is 15.4 Å². The van der Waals surface area contributed by atoms with Gasteiger partial charge in [-0.2, -0.15) is 10.4 Å². The molecule has 8 heteroatoms. The van der Waals surface area contributed by atoms with E-state index in [4.69, 9.17) is 10.5 Å². The summed E-state index contributed by atoms with van der Waals surface area (Å²) in [7, 11) is 0. The van der Waals surface area contributed by atoms with Crippen molar-refractivity contribution >= 4 is 18.1 Å². The summed E-state index contributed by atoms with van der Waals surface area (Å²) in [6.07, 6.45) is 2.67. The van der Waals surface area contributed by atoms with E-state index in [2.05, 4.69) is 26.6 Å². The highest BCUT2D eigenvalue weighted by atomic mass is 16.6. The van der Waals surface area contributed by atoms with Crippen LogP contribution in [0.25, 0.3) is 0 Å². The van der Waals surface area contributed by atoms with Crippen LogP contribution in [-0.2, 0) is 10.3 Å². The zero-order chi connectivity index (χ0) is 19.7. The molecule has 0 saturated heterocycles. The van der Waals surface area contributed by atoms with Crippen molar-refractivity contribution in [2.45, 2.75) is 31.9 Å². The second-order valence-corrected chi connectivity index (χ2v) is 7.09. The Hall–Kier alpha value is -3.60. The van der Waals surface area contributed by atoms with Crippen LogP contribution in [0.1, 0.15) is 37.6 Å². The number of benzene rings is 1. The van der Waals surface area contributed by atoms with Gasteiger partial charge >= 0.3 is 6.09 Å². The quantitative estimate of drug-likeness (QED) is 0.771. The highest BCUT2D eigenvalue weighted by Crippen LogP contribution is 2.40. The number of nitriles is 1. The zero-order valence-corrected chi connectivity index (χ0v) is 15.3. The summed E-state index contributed by atoms with van der Waals surface area (Å²) in [5.74, 6) is 0.0972. The summed E-state index contributed by atoms with van der Waals surface area (Å²) in [6.45, 7) is 5.35. The second-order valence-electron chi connectivity index (χ2n) is 7.09. The number of alkyl carbamates (subject to hydrolysis) is 1. The molecule has 2 aromatic rings. The molecule has 0 fully saturated rings. The normalized spacial score (nSPS) is 18.7. The highest BCUT2D eigenvalue weighted by molar-refractivity contribution is 5.89. The lowest BCUT2D eigenvalue weighted by molar-refractivity contribution is 0.0549. The van der Waals surface area contributed by atoms with Crippen LogP contribution >= 0.6 is 0 Å².